The maximum atomic E-state index is 14.9. The number of hydrogen-bond donors (Lipinski definition) is 2. The molecule has 1 saturated heterocycles. The van der Waals surface area contributed by atoms with Crippen molar-refractivity contribution in [2.24, 2.45) is 5.41 Å². The summed E-state index contributed by atoms with van der Waals surface area (Å²) in [5, 5.41) is 13.4. The van der Waals surface area contributed by atoms with E-state index in [0.29, 0.717) is 18.5 Å². The summed E-state index contributed by atoms with van der Waals surface area (Å²) in [6.45, 7) is -0.490. The number of ether oxygens (including phenoxy) is 1. The Bertz CT molecular complexity index is 860. The maximum Gasteiger partial charge on any atom is 0.318 e. The molecule has 3 amide bonds. The van der Waals surface area contributed by atoms with E-state index in [1.54, 1.807) is 6.07 Å². The van der Waals surface area contributed by atoms with Gasteiger partial charge in [-0.1, -0.05) is 18.2 Å². The average Bonchev–Trinajstić information content (AvgIpc) is 3.51. The first-order valence-corrected chi connectivity index (χ1v) is 10.6. The van der Waals surface area contributed by atoms with E-state index in [0.717, 1.165) is 25.7 Å². The van der Waals surface area contributed by atoms with Crippen LogP contribution in [0.2, 0.25) is 0 Å². The lowest BCUT2D eigenvalue weighted by Gasteiger charge is -2.33. The molecule has 10 heteroatoms. The van der Waals surface area contributed by atoms with E-state index in [1.165, 1.54) is 29.2 Å². The topological polar surface area (TPSA) is 94.5 Å². The fourth-order valence-corrected chi connectivity index (χ4v) is 4.06. The van der Waals surface area contributed by atoms with Gasteiger partial charge in [-0.25, -0.2) is 18.0 Å². The number of nitrogens with one attached hydrogen (secondary N) is 2. The number of hydrogen-bond acceptors (Lipinski definition) is 4. The van der Waals surface area contributed by atoms with Gasteiger partial charge in [-0.2, -0.15) is 5.26 Å². The smallest absolute Gasteiger partial charge is 0.318 e. The first kappa shape index (κ1) is 23.7. The fraction of sp³-hybridized carbons (Fsp3) is 0.591. The second-order valence-electron chi connectivity index (χ2n) is 8.46. The molecule has 1 aromatic carbocycles. The minimum atomic E-state index is -3.41. The number of carbonyl (C=O) groups excluding carboxylic acids is 2. The molecule has 7 nitrogen and oxygen atoms in total. The summed E-state index contributed by atoms with van der Waals surface area (Å²) in [7, 11) is 0. The normalized spacial score (nSPS) is 17.9. The Hall–Kier alpha value is -2.96. The van der Waals surface area contributed by atoms with Crippen molar-refractivity contribution < 1.29 is 27.5 Å². The minimum Gasteiger partial charge on any atom is -0.463 e. The van der Waals surface area contributed by atoms with E-state index in [2.05, 4.69) is 10.6 Å². The number of nitrogens with zero attached hydrogens (tertiary/aromatic N) is 2. The van der Waals surface area contributed by atoms with Crippen molar-refractivity contribution in [2.75, 3.05) is 26.5 Å². The summed E-state index contributed by atoms with van der Waals surface area (Å²) in [6.07, 6.45) is 2.27. The van der Waals surface area contributed by atoms with Gasteiger partial charge >= 0.3 is 6.03 Å². The molecule has 2 N–H and O–H groups in total. The largest absolute Gasteiger partial charge is 0.463 e. The Kier molecular flexibility index (Phi) is 7.48. The Morgan fingerprint density at radius 3 is 2.53 bits per heavy atom. The molecule has 0 radical (unpaired) electrons. The zero-order chi connectivity index (χ0) is 23.2. The van der Waals surface area contributed by atoms with Crippen molar-refractivity contribution in [3.63, 3.8) is 0 Å². The number of para-hydroxylation sites is 1. The van der Waals surface area contributed by atoms with Gasteiger partial charge in [0.1, 0.15) is 18.3 Å². The summed E-state index contributed by atoms with van der Waals surface area (Å²) in [6, 6.07) is 5.45. The van der Waals surface area contributed by atoms with Gasteiger partial charge in [0.2, 0.25) is 12.8 Å². The van der Waals surface area contributed by atoms with Crippen LogP contribution in [0.1, 0.15) is 37.7 Å². The van der Waals surface area contributed by atoms with Gasteiger partial charge in [-0.15, -0.1) is 0 Å². The van der Waals surface area contributed by atoms with Gasteiger partial charge < -0.3 is 20.3 Å². The summed E-state index contributed by atoms with van der Waals surface area (Å²) in [5.41, 5.74) is 0.422. The van der Waals surface area contributed by atoms with Gasteiger partial charge in [0, 0.05) is 31.5 Å². The minimum absolute atomic E-state index is 0.00786. The van der Waals surface area contributed by atoms with Crippen LogP contribution in [-0.2, 0) is 11.2 Å². The summed E-state index contributed by atoms with van der Waals surface area (Å²) in [5.74, 6) is -4.27. The fourth-order valence-electron chi connectivity index (χ4n) is 4.06. The van der Waals surface area contributed by atoms with Crippen molar-refractivity contribution in [3.8, 4) is 11.8 Å². The molecular weight excluding hydrogens is 425 g/mol. The molecule has 0 aromatic heterocycles. The first-order valence-electron chi connectivity index (χ1n) is 10.6. The number of alkyl halides is 3. The number of nitriles is 1. The SMILES string of the molecule is N#CCNC(=O)[C@H](CC(F)(F)Cc1ccccc1OCF)NC(=O)N1CCC2(CC1)CC2. The van der Waals surface area contributed by atoms with E-state index < -0.39 is 43.6 Å². The van der Waals surface area contributed by atoms with Crippen molar-refractivity contribution in [2.45, 2.75) is 50.5 Å². The number of rotatable bonds is 9. The molecule has 1 saturated carbocycles. The van der Waals surface area contributed by atoms with Crippen molar-refractivity contribution in [1.82, 2.24) is 15.5 Å². The van der Waals surface area contributed by atoms with Gasteiger partial charge in [0.05, 0.1) is 6.07 Å². The molecular formula is C22H27F3N4O3. The molecule has 2 aliphatic rings. The lowest BCUT2D eigenvalue weighted by Crippen LogP contribution is -2.54. The first-order chi connectivity index (χ1) is 15.3. The summed E-state index contributed by atoms with van der Waals surface area (Å²) >= 11 is 0. The van der Waals surface area contributed by atoms with Crippen LogP contribution in [0.5, 0.6) is 5.75 Å². The molecule has 0 unspecified atom stereocenters. The molecule has 1 spiro atoms. The molecule has 1 aromatic rings. The van der Waals surface area contributed by atoms with Crippen LogP contribution >= 0.6 is 0 Å². The Balaban J connectivity index is 1.66. The maximum absolute atomic E-state index is 14.9. The number of urea groups is 1. The lowest BCUT2D eigenvalue weighted by atomic mass is 9.94. The number of piperidine rings is 1. The number of benzene rings is 1. The highest BCUT2D eigenvalue weighted by molar-refractivity contribution is 5.87. The standard InChI is InChI=1S/C22H27F3N4O3/c23-15-32-18-4-2-1-3-16(18)13-22(24,25)14-17(19(30)27-10-9-26)28-20(31)29-11-7-21(5-6-21)8-12-29/h1-4,17H,5-8,10-15H2,(H,27,30)(H,28,31)/t17-/m0/s1. The van der Waals surface area contributed by atoms with Crippen molar-refractivity contribution in [3.05, 3.63) is 29.8 Å². The Labute approximate surface area is 184 Å². The number of halogens is 3. The van der Waals surface area contributed by atoms with E-state index in [4.69, 9.17) is 10.00 Å². The highest BCUT2D eigenvalue weighted by atomic mass is 19.3. The van der Waals surface area contributed by atoms with Gasteiger partial charge in [0.25, 0.3) is 5.92 Å². The Morgan fingerprint density at radius 2 is 1.91 bits per heavy atom. The average molecular weight is 452 g/mol. The zero-order valence-corrected chi connectivity index (χ0v) is 17.7. The molecule has 1 aliphatic heterocycles. The summed E-state index contributed by atoms with van der Waals surface area (Å²) in [4.78, 5) is 26.6. The monoisotopic (exact) mass is 452 g/mol. The van der Waals surface area contributed by atoms with Crippen molar-refractivity contribution in [1.29, 1.82) is 5.26 Å². The predicted molar refractivity (Wildman–Crippen MR) is 110 cm³/mol. The molecule has 2 fully saturated rings. The third kappa shape index (κ3) is 6.28. The quantitative estimate of drug-likeness (QED) is 0.563. The second-order valence-corrected chi connectivity index (χ2v) is 8.46. The predicted octanol–water partition coefficient (Wildman–Crippen LogP) is 3.15. The van der Waals surface area contributed by atoms with Crippen LogP contribution in [0.25, 0.3) is 0 Å². The van der Waals surface area contributed by atoms with Crippen LogP contribution in [0, 0.1) is 16.7 Å². The molecule has 1 heterocycles. The highest BCUT2D eigenvalue weighted by Crippen LogP contribution is 2.53. The second kappa shape index (κ2) is 10.1. The van der Waals surface area contributed by atoms with E-state index in [9.17, 15) is 22.8 Å². The van der Waals surface area contributed by atoms with Crippen molar-refractivity contribution >= 4 is 11.9 Å². The lowest BCUT2D eigenvalue weighted by molar-refractivity contribution is -0.125. The zero-order valence-electron chi connectivity index (χ0n) is 17.7. The van der Waals surface area contributed by atoms with E-state index >= 15 is 0 Å². The number of carbonyl (C=O) groups is 2. The van der Waals surface area contributed by atoms with Crippen LogP contribution < -0.4 is 15.4 Å². The van der Waals surface area contributed by atoms with Gasteiger partial charge in [-0.05, 0) is 37.2 Å². The van der Waals surface area contributed by atoms with Gasteiger partial charge in [-0.3, -0.25) is 4.79 Å². The molecule has 174 valence electrons. The molecule has 1 aliphatic carbocycles. The van der Waals surface area contributed by atoms with Crippen LogP contribution in [0.15, 0.2) is 24.3 Å². The van der Waals surface area contributed by atoms with Crippen LogP contribution in [0.4, 0.5) is 18.0 Å². The third-order valence-corrected chi connectivity index (χ3v) is 6.16. The molecule has 1 atom stereocenters. The highest BCUT2D eigenvalue weighted by Gasteiger charge is 2.45. The van der Waals surface area contributed by atoms with E-state index in [1.807, 2.05) is 0 Å². The number of amides is 3. The van der Waals surface area contributed by atoms with Gasteiger partial charge in [0.15, 0.2) is 0 Å². The molecule has 0 bridgehead atoms. The third-order valence-electron chi connectivity index (χ3n) is 6.16. The van der Waals surface area contributed by atoms with Crippen LogP contribution in [-0.4, -0.2) is 55.3 Å². The number of likely N-dealkylation sites (tertiary alicyclic amines) is 1. The molecule has 3 rings (SSSR count). The van der Waals surface area contributed by atoms with Crippen LogP contribution in [0.3, 0.4) is 0 Å². The van der Waals surface area contributed by atoms with E-state index in [-0.39, 0.29) is 17.9 Å². The summed E-state index contributed by atoms with van der Waals surface area (Å²) < 4.78 is 47.1. The Morgan fingerprint density at radius 1 is 1.22 bits per heavy atom. The molecule has 32 heavy (non-hydrogen) atoms.